The monoisotopic (exact) mass is 235 g/mol. The Kier molecular flexibility index (Phi) is 6.15. The fourth-order valence-corrected chi connectivity index (χ4v) is 1.56. The highest BCUT2D eigenvalue weighted by atomic mass is 16.5. The number of hydrogen-bond acceptors (Lipinski definition) is 3. The van der Waals surface area contributed by atoms with Gasteiger partial charge in [-0.05, 0) is 24.1 Å². The van der Waals surface area contributed by atoms with Crippen LogP contribution in [0.1, 0.15) is 38.2 Å². The van der Waals surface area contributed by atoms with Gasteiger partial charge in [0.2, 0.25) is 0 Å². The Hall–Kier alpha value is -1.51. The summed E-state index contributed by atoms with van der Waals surface area (Å²) >= 11 is 0. The molecule has 0 aliphatic rings. The molecule has 0 heterocycles. The first-order valence-electron chi connectivity index (χ1n) is 6.22. The van der Waals surface area contributed by atoms with Crippen molar-refractivity contribution in [1.82, 2.24) is 0 Å². The molecule has 1 rings (SSSR count). The highest BCUT2D eigenvalue weighted by Gasteiger charge is 2.02. The molecular weight excluding hydrogens is 214 g/mol. The topological polar surface area (TPSA) is 52.3 Å². The van der Waals surface area contributed by atoms with Gasteiger partial charge in [0.1, 0.15) is 0 Å². The summed E-state index contributed by atoms with van der Waals surface area (Å²) in [4.78, 5) is 11.3. The van der Waals surface area contributed by atoms with Crippen LogP contribution in [0.2, 0.25) is 0 Å². The predicted octanol–water partition coefficient (Wildman–Crippen LogP) is 2.93. The van der Waals surface area contributed by atoms with Gasteiger partial charge in [-0.15, -0.1) is 0 Å². The molecule has 0 aliphatic heterocycles. The number of unbranched alkanes of at least 4 members (excludes halogenated alkanes) is 2. The highest BCUT2D eigenvalue weighted by molar-refractivity contribution is 5.69. The number of nitrogen functional groups attached to an aromatic ring is 1. The van der Waals surface area contributed by atoms with Gasteiger partial charge in [-0.1, -0.05) is 31.9 Å². The number of carbonyl (C=O) groups excluding carboxylic acids is 1. The van der Waals surface area contributed by atoms with Gasteiger partial charge >= 0.3 is 5.97 Å². The molecule has 17 heavy (non-hydrogen) atoms. The fourth-order valence-electron chi connectivity index (χ4n) is 1.56. The van der Waals surface area contributed by atoms with Crippen LogP contribution >= 0.6 is 0 Å². The summed E-state index contributed by atoms with van der Waals surface area (Å²) in [6, 6.07) is 7.64. The molecule has 94 valence electrons. The van der Waals surface area contributed by atoms with E-state index in [9.17, 15) is 4.79 Å². The van der Waals surface area contributed by atoms with Crippen molar-refractivity contribution in [3.63, 3.8) is 0 Å². The zero-order valence-electron chi connectivity index (χ0n) is 10.4. The largest absolute Gasteiger partial charge is 0.465 e. The Morgan fingerprint density at radius 2 is 1.94 bits per heavy atom. The normalized spacial score (nSPS) is 10.2. The molecule has 2 N–H and O–H groups in total. The quantitative estimate of drug-likeness (QED) is 0.449. The predicted molar refractivity (Wildman–Crippen MR) is 69.7 cm³/mol. The molecule has 0 radical (unpaired) electrons. The SMILES string of the molecule is CCCCCC(=O)OCCc1ccc(N)cc1. The van der Waals surface area contributed by atoms with Crippen molar-refractivity contribution >= 4 is 11.7 Å². The second-order valence-electron chi connectivity index (χ2n) is 4.17. The second-order valence-corrected chi connectivity index (χ2v) is 4.17. The smallest absolute Gasteiger partial charge is 0.305 e. The van der Waals surface area contributed by atoms with Crippen LogP contribution in [-0.2, 0) is 16.0 Å². The van der Waals surface area contributed by atoms with Crippen LogP contribution in [0, 0.1) is 0 Å². The Morgan fingerprint density at radius 3 is 2.59 bits per heavy atom. The molecule has 3 heteroatoms. The van der Waals surface area contributed by atoms with Crippen molar-refractivity contribution in [2.75, 3.05) is 12.3 Å². The summed E-state index contributed by atoms with van der Waals surface area (Å²) in [5.41, 5.74) is 7.48. The van der Waals surface area contributed by atoms with Crippen LogP contribution in [0.25, 0.3) is 0 Å². The average molecular weight is 235 g/mol. The molecule has 0 amide bonds. The number of esters is 1. The van der Waals surface area contributed by atoms with Crippen molar-refractivity contribution < 1.29 is 9.53 Å². The summed E-state index contributed by atoms with van der Waals surface area (Å²) in [5.74, 6) is -0.0890. The lowest BCUT2D eigenvalue weighted by Gasteiger charge is -2.05. The third-order valence-corrected chi connectivity index (χ3v) is 2.62. The highest BCUT2D eigenvalue weighted by Crippen LogP contribution is 2.06. The van der Waals surface area contributed by atoms with E-state index in [1.54, 1.807) is 0 Å². The van der Waals surface area contributed by atoms with Gasteiger partial charge < -0.3 is 10.5 Å². The minimum Gasteiger partial charge on any atom is -0.465 e. The maximum Gasteiger partial charge on any atom is 0.305 e. The second kappa shape index (κ2) is 7.71. The van der Waals surface area contributed by atoms with Crippen LogP contribution in [0.5, 0.6) is 0 Å². The van der Waals surface area contributed by atoms with Crippen molar-refractivity contribution in [3.05, 3.63) is 29.8 Å². The van der Waals surface area contributed by atoms with Gasteiger partial charge in [-0.2, -0.15) is 0 Å². The number of nitrogens with two attached hydrogens (primary N) is 1. The molecule has 0 saturated carbocycles. The van der Waals surface area contributed by atoms with Crippen molar-refractivity contribution in [1.29, 1.82) is 0 Å². The van der Waals surface area contributed by atoms with Gasteiger partial charge in [0.25, 0.3) is 0 Å². The van der Waals surface area contributed by atoms with Crippen LogP contribution in [0.4, 0.5) is 5.69 Å². The molecule has 3 nitrogen and oxygen atoms in total. The minimum atomic E-state index is -0.0890. The van der Waals surface area contributed by atoms with E-state index in [0.29, 0.717) is 13.0 Å². The van der Waals surface area contributed by atoms with Crippen LogP contribution in [0.3, 0.4) is 0 Å². The molecular formula is C14H21NO2. The van der Waals surface area contributed by atoms with Crippen LogP contribution in [0.15, 0.2) is 24.3 Å². The van der Waals surface area contributed by atoms with Gasteiger partial charge in [-0.25, -0.2) is 0 Å². The lowest BCUT2D eigenvalue weighted by atomic mass is 10.1. The van der Waals surface area contributed by atoms with Crippen LogP contribution in [-0.4, -0.2) is 12.6 Å². The summed E-state index contributed by atoms with van der Waals surface area (Å²) in [6.07, 6.45) is 4.43. The van der Waals surface area contributed by atoms with Gasteiger partial charge in [-0.3, -0.25) is 4.79 Å². The van der Waals surface area contributed by atoms with E-state index in [1.165, 1.54) is 0 Å². The zero-order valence-corrected chi connectivity index (χ0v) is 10.4. The first-order chi connectivity index (χ1) is 8.22. The maximum absolute atomic E-state index is 11.3. The number of ether oxygens (including phenoxy) is 1. The number of hydrogen-bond donors (Lipinski definition) is 1. The minimum absolute atomic E-state index is 0.0890. The number of carbonyl (C=O) groups is 1. The molecule has 1 aromatic carbocycles. The number of benzene rings is 1. The van der Waals surface area contributed by atoms with Gasteiger partial charge in [0, 0.05) is 18.5 Å². The first kappa shape index (κ1) is 13.6. The molecule has 0 spiro atoms. The number of rotatable bonds is 7. The molecule has 0 bridgehead atoms. The Balaban J connectivity index is 2.14. The third-order valence-electron chi connectivity index (χ3n) is 2.62. The average Bonchev–Trinajstić information content (AvgIpc) is 2.32. The molecule has 0 aliphatic carbocycles. The lowest BCUT2D eigenvalue weighted by molar-refractivity contribution is -0.143. The molecule has 0 fully saturated rings. The van der Waals surface area contributed by atoms with E-state index in [4.69, 9.17) is 10.5 Å². The van der Waals surface area contributed by atoms with E-state index in [2.05, 4.69) is 6.92 Å². The lowest BCUT2D eigenvalue weighted by Crippen LogP contribution is -2.07. The maximum atomic E-state index is 11.3. The Labute approximate surface area is 103 Å². The van der Waals surface area contributed by atoms with Crippen molar-refractivity contribution in [2.45, 2.75) is 39.0 Å². The van der Waals surface area contributed by atoms with E-state index < -0.39 is 0 Å². The summed E-state index contributed by atoms with van der Waals surface area (Å²) < 4.78 is 5.15. The standard InChI is InChI=1S/C14H21NO2/c1-2-3-4-5-14(16)17-11-10-12-6-8-13(15)9-7-12/h6-9H,2-5,10-11,15H2,1H3. The Bertz CT molecular complexity index is 333. The van der Waals surface area contributed by atoms with Crippen LogP contribution < -0.4 is 5.73 Å². The van der Waals surface area contributed by atoms with E-state index >= 15 is 0 Å². The number of anilines is 1. The molecule has 0 unspecified atom stereocenters. The molecule has 0 saturated heterocycles. The third kappa shape index (κ3) is 5.95. The molecule has 0 aromatic heterocycles. The summed E-state index contributed by atoms with van der Waals surface area (Å²) in [5, 5.41) is 0. The fraction of sp³-hybridized carbons (Fsp3) is 0.500. The van der Waals surface area contributed by atoms with E-state index in [0.717, 1.165) is 36.9 Å². The van der Waals surface area contributed by atoms with Gasteiger partial charge in [0.15, 0.2) is 0 Å². The Morgan fingerprint density at radius 1 is 1.24 bits per heavy atom. The van der Waals surface area contributed by atoms with Crippen molar-refractivity contribution in [2.24, 2.45) is 0 Å². The summed E-state index contributed by atoms with van der Waals surface area (Å²) in [6.45, 7) is 2.57. The zero-order chi connectivity index (χ0) is 12.5. The molecule has 1 aromatic rings. The molecule has 0 atom stereocenters. The van der Waals surface area contributed by atoms with Gasteiger partial charge in [0.05, 0.1) is 6.61 Å². The van der Waals surface area contributed by atoms with Crippen molar-refractivity contribution in [3.8, 4) is 0 Å². The first-order valence-corrected chi connectivity index (χ1v) is 6.22. The van der Waals surface area contributed by atoms with E-state index in [1.807, 2.05) is 24.3 Å². The summed E-state index contributed by atoms with van der Waals surface area (Å²) in [7, 11) is 0. The van der Waals surface area contributed by atoms with E-state index in [-0.39, 0.29) is 5.97 Å².